The molecule has 0 radical (unpaired) electrons. The van der Waals surface area contributed by atoms with Gasteiger partial charge in [-0.15, -0.1) is 10.2 Å². The Labute approximate surface area is 130 Å². The Morgan fingerprint density at radius 2 is 2.05 bits per heavy atom. The predicted molar refractivity (Wildman–Crippen MR) is 79.1 cm³/mol. The number of hydrogen-bond donors (Lipinski definition) is 0. The monoisotopic (exact) mass is 316 g/mol. The first-order valence-corrected chi connectivity index (χ1v) is 7.40. The van der Waals surface area contributed by atoms with Crippen LogP contribution < -0.4 is 4.74 Å². The number of benzene rings is 1. The summed E-state index contributed by atoms with van der Waals surface area (Å²) in [5, 5.41) is 8.83. The zero-order chi connectivity index (χ0) is 15.4. The lowest BCUT2D eigenvalue weighted by molar-refractivity contribution is 0.109. The largest absolute Gasteiger partial charge is 0.493 e. The van der Waals surface area contributed by atoms with Gasteiger partial charge >= 0.3 is 0 Å². The number of carbonyl (C=O) groups is 1. The molecule has 0 bridgehead atoms. The Bertz CT molecular complexity index is 781. The van der Waals surface area contributed by atoms with Gasteiger partial charge in [0.25, 0.3) is 11.1 Å². The lowest BCUT2D eigenvalue weighted by atomic mass is 10.2. The highest BCUT2D eigenvalue weighted by Gasteiger charge is 2.15. The molecule has 3 rings (SSSR count). The fraction of sp³-hybridized carbons (Fsp3) is 0.133. The summed E-state index contributed by atoms with van der Waals surface area (Å²) in [7, 11) is 0. The summed E-state index contributed by atoms with van der Waals surface area (Å²) in [6.07, 6.45) is 0.641. The second-order valence-electron chi connectivity index (χ2n) is 4.18. The minimum Gasteiger partial charge on any atom is -0.493 e. The Morgan fingerprint density at radius 1 is 1.18 bits per heavy atom. The Balaban J connectivity index is 1.83. The first kappa shape index (κ1) is 14.4. The summed E-state index contributed by atoms with van der Waals surface area (Å²) in [5.74, 6) is 1.31. The van der Waals surface area contributed by atoms with Gasteiger partial charge in [-0.2, -0.15) is 0 Å². The predicted octanol–water partition coefficient (Wildman–Crippen LogP) is 3.69. The molecule has 0 aliphatic rings. The van der Waals surface area contributed by atoms with Crippen LogP contribution in [0.15, 0.2) is 55.5 Å². The van der Waals surface area contributed by atoms with Crippen molar-refractivity contribution < 1.29 is 18.4 Å². The Hall–Kier alpha value is -2.54. The number of para-hydroxylation sites is 1. The molecule has 0 N–H and O–H groups in total. The van der Waals surface area contributed by atoms with Crippen LogP contribution in [0.2, 0.25) is 0 Å². The number of furan rings is 1. The molecule has 2 heterocycles. The first-order chi connectivity index (χ1) is 10.8. The third-order valence-corrected chi connectivity index (χ3v) is 3.49. The molecule has 2 aromatic heterocycles. The quantitative estimate of drug-likeness (QED) is 0.642. The van der Waals surface area contributed by atoms with Crippen LogP contribution in [-0.4, -0.2) is 23.1 Å². The van der Waals surface area contributed by atoms with Crippen molar-refractivity contribution in [2.75, 3.05) is 6.61 Å². The smallest absolute Gasteiger partial charge is 0.284 e. The van der Waals surface area contributed by atoms with Crippen molar-refractivity contribution in [3.8, 4) is 17.2 Å². The molecule has 0 atom stereocenters. The zero-order valence-electron chi connectivity index (χ0n) is 11.7. The third kappa shape index (κ3) is 3.04. The molecule has 6 nitrogen and oxygen atoms in total. The van der Waals surface area contributed by atoms with Gasteiger partial charge in [0, 0.05) is 11.8 Å². The van der Waals surface area contributed by atoms with E-state index in [9.17, 15) is 4.79 Å². The Kier molecular flexibility index (Phi) is 4.24. The molecule has 7 heteroatoms. The van der Waals surface area contributed by atoms with Gasteiger partial charge < -0.3 is 13.6 Å². The number of hydrogen-bond acceptors (Lipinski definition) is 7. The topological polar surface area (TPSA) is 78.4 Å². The highest BCUT2D eigenvalue weighted by molar-refractivity contribution is 7.99. The minimum atomic E-state index is 0.254. The fourth-order valence-electron chi connectivity index (χ4n) is 1.82. The summed E-state index contributed by atoms with van der Waals surface area (Å²) in [4.78, 5) is 10.6. The van der Waals surface area contributed by atoms with Gasteiger partial charge in [-0.3, -0.25) is 4.79 Å². The van der Waals surface area contributed by atoms with E-state index < -0.39 is 0 Å². The molecule has 0 spiro atoms. The summed E-state index contributed by atoms with van der Waals surface area (Å²) in [6.45, 7) is 2.46. The van der Waals surface area contributed by atoms with Crippen molar-refractivity contribution in [2.24, 2.45) is 0 Å². The van der Waals surface area contributed by atoms with E-state index in [0.29, 0.717) is 34.8 Å². The minimum absolute atomic E-state index is 0.254. The normalized spacial score (nSPS) is 10.6. The van der Waals surface area contributed by atoms with Crippen LogP contribution >= 0.6 is 11.8 Å². The second-order valence-corrected chi connectivity index (χ2v) is 5.13. The number of nitrogens with zero attached hydrogens (tertiary/aromatic N) is 2. The molecule has 3 aromatic rings. The van der Waals surface area contributed by atoms with Crippen LogP contribution in [0.1, 0.15) is 17.5 Å². The average molecular weight is 316 g/mol. The standard InChI is InChI=1S/C15H12N2O4S/c1-2-19-12-6-4-3-5-11(12)14-16-17-15(21-14)22-13-8-7-10(9-18)20-13/h3-9H,2H2,1H3. The number of ether oxygens (including phenoxy) is 1. The van der Waals surface area contributed by atoms with E-state index >= 15 is 0 Å². The van der Waals surface area contributed by atoms with Crippen molar-refractivity contribution >= 4 is 18.0 Å². The van der Waals surface area contributed by atoms with E-state index in [1.165, 1.54) is 0 Å². The third-order valence-electron chi connectivity index (χ3n) is 2.73. The van der Waals surface area contributed by atoms with Gasteiger partial charge in [0.2, 0.25) is 0 Å². The van der Waals surface area contributed by atoms with E-state index in [1.807, 2.05) is 31.2 Å². The number of rotatable bonds is 6. The van der Waals surface area contributed by atoms with E-state index in [4.69, 9.17) is 13.6 Å². The molecule has 0 amide bonds. The molecule has 0 aliphatic heterocycles. The molecule has 0 fully saturated rings. The van der Waals surface area contributed by atoms with Crippen molar-refractivity contribution in [2.45, 2.75) is 17.2 Å². The van der Waals surface area contributed by atoms with Crippen LogP contribution in [0.5, 0.6) is 5.75 Å². The number of aromatic nitrogens is 2. The van der Waals surface area contributed by atoms with E-state index in [0.717, 1.165) is 17.3 Å². The molecule has 0 saturated heterocycles. The lowest BCUT2D eigenvalue weighted by Crippen LogP contribution is -1.93. The highest BCUT2D eigenvalue weighted by atomic mass is 32.2. The van der Waals surface area contributed by atoms with Crippen molar-refractivity contribution in [3.63, 3.8) is 0 Å². The lowest BCUT2D eigenvalue weighted by Gasteiger charge is -2.05. The molecular formula is C15H12N2O4S. The number of aldehydes is 1. The van der Waals surface area contributed by atoms with E-state index in [2.05, 4.69) is 10.2 Å². The van der Waals surface area contributed by atoms with Gasteiger partial charge in [-0.05, 0) is 31.2 Å². The molecule has 0 unspecified atom stereocenters. The maximum Gasteiger partial charge on any atom is 0.284 e. The summed E-state index contributed by atoms with van der Waals surface area (Å²) < 4.78 is 16.4. The van der Waals surface area contributed by atoms with Crippen LogP contribution in [0.4, 0.5) is 0 Å². The maximum atomic E-state index is 10.6. The first-order valence-electron chi connectivity index (χ1n) is 6.58. The van der Waals surface area contributed by atoms with Crippen LogP contribution in [0.3, 0.4) is 0 Å². The van der Waals surface area contributed by atoms with Gasteiger partial charge in [0.05, 0.1) is 12.2 Å². The molecule has 22 heavy (non-hydrogen) atoms. The average Bonchev–Trinajstić information content (AvgIpc) is 3.18. The molecule has 0 saturated carbocycles. The van der Waals surface area contributed by atoms with Crippen molar-refractivity contribution in [3.05, 3.63) is 42.2 Å². The van der Waals surface area contributed by atoms with Gasteiger partial charge in [0.15, 0.2) is 17.1 Å². The SMILES string of the molecule is CCOc1ccccc1-c1nnc(Sc2ccc(C=O)o2)o1. The summed E-state index contributed by atoms with van der Waals surface area (Å²) in [6, 6.07) is 10.7. The highest BCUT2D eigenvalue weighted by Crippen LogP contribution is 2.33. The van der Waals surface area contributed by atoms with Crippen LogP contribution in [0, 0.1) is 0 Å². The molecule has 0 aliphatic carbocycles. The zero-order valence-corrected chi connectivity index (χ0v) is 12.5. The maximum absolute atomic E-state index is 10.6. The van der Waals surface area contributed by atoms with Crippen molar-refractivity contribution in [1.29, 1.82) is 0 Å². The van der Waals surface area contributed by atoms with Crippen LogP contribution in [-0.2, 0) is 0 Å². The summed E-state index contributed by atoms with van der Waals surface area (Å²) in [5.41, 5.74) is 0.733. The van der Waals surface area contributed by atoms with Gasteiger partial charge in [0.1, 0.15) is 5.75 Å². The number of carbonyl (C=O) groups excluding carboxylic acids is 1. The fourth-order valence-corrected chi connectivity index (χ4v) is 2.47. The summed E-state index contributed by atoms with van der Waals surface area (Å²) >= 11 is 1.15. The Morgan fingerprint density at radius 3 is 2.82 bits per heavy atom. The van der Waals surface area contributed by atoms with Gasteiger partial charge in [-0.1, -0.05) is 12.1 Å². The molecular weight excluding hydrogens is 304 g/mol. The van der Waals surface area contributed by atoms with E-state index in [-0.39, 0.29) is 5.76 Å². The van der Waals surface area contributed by atoms with Crippen LogP contribution in [0.25, 0.3) is 11.5 Å². The molecule has 1 aromatic carbocycles. The molecule has 112 valence electrons. The van der Waals surface area contributed by atoms with E-state index in [1.54, 1.807) is 12.1 Å². The van der Waals surface area contributed by atoms with Gasteiger partial charge in [-0.25, -0.2) is 0 Å². The second kappa shape index (κ2) is 6.48. The van der Waals surface area contributed by atoms with Crippen molar-refractivity contribution in [1.82, 2.24) is 10.2 Å².